The van der Waals surface area contributed by atoms with Crippen LogP contribution in [0.4, 0.5) is 0 Å². The van der Waals surface area contributed by atoms with Gasteiger partial charge in [0.1, 0.15) is 6.04 Å². The van der Waals surface area contributed by atoms with E-state index >= 15 is 0 Å². The van der Waals surface area contributed by atoms with Gasteiger partial charge < -0.3 is 15.1 Å². The number of carbonyl (C=O) groups is 3. The highest BCUT2D eigenvalue weighted by molar-refractivity contribution is 5.93. The third kappa shape index (κ3) is 7.86. The van der Waals surface area contributed by atoms with Crippen LogP contribution in [0.25, 0.3) is 0 Å². The molecule has 39 heavy (non-hydrogen) atoms. The van der Waals surface area contributed by atoms with Crippen molar-refractivity contribution < 1.29 is 14.4 Å². The smallest absolute Gasteiger partial charge is 0.249 e. The summed E-state index contributed by atoms with van der Waals surface area (Å²) in [5.41, 5.74) is 0.711. The number of carbonyl (C=O) groups excluding carboxylic acids is 3. The van der Waals surface area contributed by atoms with Crippen LogP contribution in [-0.4, -0.2) is 83.3 Å². The molecule has 0 spiro atoms. The van der Waals surface area contributed by atoms with Crippen molar-refractivity contribution in [3.63, 3.8) is 0 Å². The first-order valence-electron chi connectivity index (χ1n) is 15.7. The van der Waals surface area contributed by atoms with Gasteiger partial charge in [-0.3, -0.25) is 19.3 Å². The molecule has 2 aliphatic heterocycles. The third-order valence-corrected chi connectivity index (χ3v) is 9.56. The predicted molar refractivity (Wildman–Crippen MR) is 158 cm³/mol. The average Bonchev–Trinajstić information content (AvgIpc) is 2.92. The molecule has 3 rings (SSSR count). The monoisotopic (exact) mass is 544 g/mol. The number of hydrogen-bond donors (Lipinski definition) is 1. The number of likely N-dealkylation sites (tertiary alicyclic amines) is 2. The molecule has 222 valence electrons. The number of rotatable bonds is 9. The van der Waals surface area contributed by atoms with E-state index in [9.17, 15) is 14.4 Å². The number of nitrogens with one attached hydrogen (secondary N) is 1. The van der Waals surface area contributed by atoms with E-state index < -0.39 is 6.04 Å². The molecule has 2 heterocycles. The molecule has 3 amide bonds. The van der Waals surface area contributed by atoms with Crippen molar-refractivity contribution in [2.75, 3.05) is 26.7 Å². The summed E-state index contributed by atoms with van der Waals surface area (Å²) in [5.74, 6) is 1.47. The van der Waals surface area contributed by atoms with Gasteiger partial charge in [0.15, 0.2) is 0 Å². The summed E-state index contributed by atoms with van der Waals surface area (Å²) in [6.45, 7) is 16.9. The number of nitrogens with zero attached hydrogens (tertiary/aromatic N) is 3. The van der Waals surface area contributed by atoms with Crippen molar-refractivity contribution in [3.8, 4) is 0 Å². The molecular formula is C32H56N4O3. The van der Waals surface area contributed by atoms with Crippen LogP contribution in [0, 0.1) is 23.7 Å². The predicted octanol–water partition coefficient (Wildman–Crippen LogP) is 4.86. The highest BCUT2D eigenvalue weighted by Gasteiger charge is 2.37. The first-order valence-corrected chi connectivity index (χ1v) is 15.7. The van der Waals surface area contributed by atoms with Crippen LogP contribution < -0.4 is 5.32 Å². The van der Waals surface area contributed by atoms with Gasteiger partial charge in [-0.25, -0.2) is 0 Å². The minimum Gasteiger partial charge on any atom is -0.343 e. The van der Waals surface area contributed by atoms with Gasteiger partial charge in [-0.15, -0.1) is 0 Å². The maximum atomic E-state index is 13.8. The lowest BCUT2D eigenvalue weighted by Crippen LogP contribution is -2.58. The van der Waals surface area contributed by atoms with Gasteiger partial charge in [0.05, 0.1) is 12.1 Å². The number of hydrogen-bond acceptors (Lipinski definition) is 4. The fourth-order valence-corrected chi connectivity index (χ4v) is 7.10. The van der Waals surface area contributed by atoms with E-state index in [2.05, 4.69) is 37.9 Å². The molecule has 7 nitrogen and oxygen atoms in total. The van der Waals surface area contributed by atoms with Gasteiger partial charge in [-0.2, -0.15) is 0 Å². The number of likely N-dealkylation sites (N-methyl/N-ethyl adjacent to an activating group) is 1. The fourth-order valence-electron chi connectivity index (χ4n) is 7.10. The second-order valence-electron chi connectivity index (χ2n) is 13.5. The molecule has 5 unspecified atom stereocenters. The van der Waals surface area contributed by atoms with E-state index in [1.807, 2.05) is 38.8 Å². The molecule has 0 aromatic carbocycles. The molecule has 1 saturated carbocycles. The number of fused-ring (bicyclic) bond motifs is 1. The Morgan fingerprint density at radius 2 is 1.49 bits per heavy atom. The third-order valence-electron chi connectivity index (χ3n) is 9.56. The van der Waals surface area contributed by atoms with Crippen molar-refractivity contribution >= 4 is 17.7 Å². The van der Waals surface area contributed by atoms with Crippen molar-refractivity contribution in [2.24, 2.45) is 23.7 Å². The van der Waals surface area contributed by atoms with Gasteiger partial charge >= 0.3 is 0 Å². The lowest BCUT2D eigenvalue weighted by Gasteiger charge is -2.41. The lowest BCUT2D eigenvalue weighted by atomic mass is 9.75. The summed E-state index contributed by atoms with van der Waals surface area (Å²) in [6, 6.07) is -0.730. The topological polar surface area (TPSA) is 73.0 Å². The first-order chi connectivity index (χ1) is 18.4. The maximum absolute atomic E-state index is 13.8. The molecule has 5 atom stereocenters. The van der Waals surface area contributed by atoms with Crippen molar-refractivity contribution in [1.82, 2.24) is 20.0 Å². The number of amides is 3. The Hall–Kier alpha value is -1.89. The van der Waals surface area contributed by atoms with Crippen LogP contribution in [0.5, 0.6) is 0 Å². The summed E-state index contributed by atoms with van der Waals surface area (Å²) in [6.07, 6.45) is 11.2. The fraction of sp³-hybridized carbons (Fsp3) is 0.844. The van der Waals surface area contributed by atoms with Crippen LogP contribution in [-0.2, 0) is 14.4 Å². The first kappa shape index (κ1) is 31.6. The van der Waals surface area contributed by atoms with Crippen LogP contribution in [0.15, 0.2) is 11.6 Å². The summed E-state index contributed by atoms with van der Waals surface area (Å²) in [4.78, 5) is 46.8. The molecule has 2 saturated heterocycles. The van der Waals surface area contributed by atoms with Crippen LogP contribution in [0.1, 0.15) is 99.8 Å². The zero-order valence-corrected chi connectivity index (χ0v) is 26.0. The summed E-state index contributed by atoms with van der Waals surface area (Å²) >= 11 is 0. The van der Waals surface area contributed by atoms with E-state index in [1.54, 1.807) is 4.90 Å². The highest BCUT2D eigenvalue weighted by Crippen LogP contribution is 2.36. The van der Waals surface area contributed by atoms with Gasteiger partial charge in [0.25, 0.3) is 0 Å². The molecule has 1 N–H and O–H groups in total. The molecule has 0 aromatic rings. The molecule has 7 heteroatoms. The van der Waals surface area contributed by atoms with E-state index in [0.29, 0.717) is 11.5 Å². The Labute approximate surface area is 238 Å². The second-order valence-corrected chi connectivity index (χ2v) is 13.5. The van der Waals surface area contributed by atoms with Gasteiger partial charge in [-0.05, 0) is 76.7 Å². The van der Waals surface area contributed by atoms with Gasteiger partial charge in [0, 0.05) is 31.8 Å². The summed E-state index contributed by atoms with van der Waals surface area (Å²) in [5, 5.41) is 3.13. The molecule has 0 aromatic heterocycles. The maximum Gasteiger partial charge on any atom is 0.249 e. The van der Waals surface area contributed by atoms with Crippen molar-refractivity contribution in [3.05, 3.63) is 11.6 Å². The largest absolute Gasteiger partial charge is 0.343 e. The molecule has 0 bridgehead atoms. The average molecular weight is 545 g/mol. The van der Waals surface area contributed by atoms with Crippen molar-refractivity contribution in [1.29, 1.82) is 0 Å². The lowest BCUT2D eigenvalue weighted by molar-refractivity contribution is -0.140. The van der Waals surface area contributed by atoms with E-state index in [1.165, 1.54) is 25.7 Å². The highest BCUT2D eigenvalue weighted by atomic mass is 16.2. The second kappa shape index (κ2) is 14.1. The molecule has 0 radical (unpaired) electrons. The molecule has 3 aliphatic rings. The summed E-state index contributed by atoms with van der Waals surface area (Å²) < 4.78 is 0. The molecule has 1 aliphatic carbocycles. The Morgan fingerprint density at radius 3 is 2.10 bits per heavy atom. The minimum absolute atomic E-state index is 0.0436. The standard InChI is InChI=1S/C32H56N4O3/c1-21(2)28(19-24(7)31(38)35-18-16-25-13-9-10-14-26(25)20-35)34(8)32(39)29(22(3)4)33-30(37)27-15-11-12-17-36(27)23(5)6/h19,21-23,25-29H,9-18,20H2,1-8H3,(H,33,37)/b24-19+. The minimum atomic E-state index is -0.602. The Kier molecular flexibility index (Phi) is 11.5. The van der Waals surface area contributed by atoms with E-state index in [-0.39, 0.29) is 47.7 Å². The quantitative estimate of drug-likeness (QED) is 0.421. The molecule has 3 fully saturated rings. The Bertz CT molecular complexity index is 883. The number of piperidine rings is 2. The van der Waals surface area contributed by atoms with E-state index in [0.717, 1.165) is 51.2 Å². The zero-order valence-electron chi connectivity index (χ0n) is 26.0. The summed E-state index contributed by atoms with van der Waals surface area (Å²) in [7, 11) is 1.82. The SMILES string of the molecule is C/C(=C\C(C(C)C)N(C)C(=O)C(NC(=O)C1CCCCN1C(C)C)C(C)C)C(=O)N1CCC2CCCCC2C1. The van der Waals surface area contributed by atoms with Crippen LogP contribution >= 0.6 is 0 Å². The Morgan fingerprint density at radius 1 is 0.846 bits per heavy atom. The van der Waals surface area contributed by atoms with Crippen molar-refractivity contribution in [2.45, 2.75) is 124 Å². The normalized spacial score (nSPS) is 26.4. The van der Waals surface area contributed by atoms with Gasteiger partial charge in [0.2, 0.25) is 17.7 Å². The van der Waals surface area contributed by atoms with Crippen LogP contribution in [0.2, 0.25) is 0 Å². The zero-order chi connectivity index (χ0) is 28.9. The van der Waals surface area contributed by atoms with Crippen LogP contribution in [0.3, 0.4) is 0 Å². The Balaban J connectivity index is 1.70. The van der Waals surface area contributed by atoms with E-state index in [4.69, 9.17) is 0 Å². The van der Waals surface area contributed by atoms with Gasteiger partial charge in [-0.1, -0.05) is 59.5 Å². The molecular weight excluding hydrogens is 488 g/mol.